The van der Waals surface area contributed by atoms with Crippen molar-refractivity contribution in [3.63, 3.8) is 0 Å². The van der Waals surface area contributed by atoms with Gasteiger partial charge < -0.3 is 10.4 Å². The van der Waals surface area contributed by atoms with E-state index < -0.39 is 16.4 Å². The van der Waals surface area contributed by atoms with Crippen LogP contribution in [0.15, 0.2) is 18.2 Å². The Kier molecular flexibility index (Phi) is 5.47. The van der Waals surface area contributed by atoms with Crippen LogP contribution in [0, 0.1) is 10.1 Å². The summed E-state index contributed by atoms with van der Waals surface area (Å²) < 4.78 is 0. The van der Waals surface area contributed by atoms with Crippen molar-refractivity contribution in [3.05, 3.63) is 38.9 Å². The predicted octanol–water partition coefficient (Wildman–Crippen LogP) is 2.53. The van der Waals surface area contributed by atoms with Crippen molar-refractivity contribution in [1.29, 1.82) is 0 Å². The number of rotatable bonds is 6. The summed E-state index contributed by atoms with van der Waals surface area (Å²) in [6, 6.07) is 3.90. The van der Waals surface area contributed by atoms with E-state index in [9.17, 15) is 14.9 Å². The molecule has 0 radical (unpaired) electrons. The molecule has 0 aliphatic carbocycles. The summed E-state index contributed by atoms with van der Waals surface area (Å²) >= 11 is 5.71. The number of hydrogen-bond acceptors (Lipinski definition) is 4. The fourth-order valence-electron chi connectivity index (χ4n) is 1.76. The molecular formula is C13H17ClN2O4. The molecule has 110 valence electrons. The smallest absolute Gasteiger partial charge is 0.283 e. The number of carbonyl (C=O) groups excluding carboxylic acids is 1. The Labute approximate surface area is 121 Å². The summed E-state index contributed by atoms with van der Waals surface area (Å²) in [5.74, 6) is -0.550. The molecule has 0 aliphatic heterocycles. The van der Waals surface area contributed by atoms with Crippen LogP contribution in [0.2, 0.25) is 5.02 Å². The van der Waals surface area contributed by atoms with Gasteiger partial charge in [0.2, 0.25) is 0 Å². The Bertz CT molecular complexity index is 521. The average molecular weight is 301 g/mol. The number of carbonyl (C=O) groups is 1. The minimum Gasteiger partial charge on any atom is -0.396 e. The van der Waals surface area contributed by atoms with Crippen molar-refractivity contribution in [3.8, 4) is 0 Å². The Morgan fingerprint density at radius 1 is 1.55 bits per heavy atom. The molecule has 6 nitrogen and oxygen atoms in total. The second-order valence-electron chi connectivity index (χ2n) is 4.76. The number of aliphatic hydroxyl groups is 1. The fourth-order valence-corrected chi connectivity index (χ4v) is 1.93. The van der Waals surface area contributed by atoms with Crippen molar-refractivity contribution in [2.24, 2.45) is 0 Å². The maximum Gasteiger partial charge on any atom is 0.283 e. The lowest BCUT2D eigenvalue weighted by Crippen LogP contribution is -2.46. The number of amides is 1. The molecule has 0 saturated carbocycles. The van der Waals surface area contributed by atoms with Crippen LogP contribution in [0.1, 0.15) is 37.0 Å². The maximum absolute atomic E-state index is 12.2. The van der Waals surface area contributed by atoms with E-state index in [1.54, 1.807) is 6.92 Å². The van der Waals surface area contributed by atoms with Crippen LogP contribution in [-0.4, -0.2) is 28.1 Å². The third kappa shape index (κ3) is 3.91. The van der Waals surface area contributed by atoms with Crippen molar-refractivity contribution in [2.75, 3.05) is 6.61 Å². The summed E-state index contributed by atoms with van der Waals surface area (Å²) in [7, 11) is 0. The molecule has 0 heterocycles. The lowest BCUT2D eigenvalue weighted by Gasteiger charge is -2.28. The lowest BCUT2D eigenvalue weighted by molar-refractivity contribution is -0.385. The fraction of sp³-hybridized carbons (Fsp3) is 0.462. The maximum atomic E-state index is 12.2. The summed E-state index contributed by atoms with van der Waals surface area (Å²) in [5, 5.41) is 22.9. The molecule has 0 bridgehead atoms. The number of halogens is 1. The molecule has 0 aliphatic rings. The summed E-state index contributed by atoms with van der Waals surface area (Å²) in [6.45, 7) is 3.57. The van der Waals surface area contributed by atoms with Gasteiger partial charge in [-0.25, -0.2) is 0 Å². The van der Waals surface area contributed by atoms with E-state index in [2.05, 4.69) is 5.32 Å². The average Bonchev–Trinajstić information content (AvgIpc) is 2.38. The first-order valence-electron chi connectivity index (χ1n) is 6.20. The van der Waals surface area contributed by atoms with Crippen LogP contribution in [-0.2, 0) is 0 Å². The van der Waals surface area contributed by atoms with Crippen LogP contribution >= 0.6 is 11.6 Å². The molecule has 1 aromatic rings. The SMILES string of the molecule is CCC(C)(CCO)NC(=O)c1ccc(Cl)cc1[N+](=O)[O-]. The van der Waals surface area contributed by atoms with Gasteiger partial charge in [-0.2, -0.15) is 0 Å². The Morgan fingerprint density at radius 3 is 2.70 bits per heavy atom. The molecule has 0 fully saturated rings. The molecule has 0 saturated heterocycles. The number of benzene rings is 1. The van der Waals surface area contributed by atoms with E-state index in [1.165, 1.54) is 12.1 Å². The zero-order valence-electron chi connectivity index (χ0n) is 11.4. The molecule has 1 atom stereocenters. The predicted molar refractivity (Wildman–Crippen MR) is 76.0 cm³/mol. The highest BCUT2D eigenvalue weighted by atomic mass is 35.5. The Hall–Kier alpha value is -1.66. The van der Waals surface area contributed by atoms with Crippen LogP contribution in [0.25, 0.3) is 0 Å². The molecular weight excluding hydrogens is 284 g/mol. The number of aliphatic hydroxyl groups excluding tert-OH is 1. The molecule has 2 N–H and O–H groups in total. The molecule has 7 heteroatoms. The summed E-state index contributed by atoms with van der Waals surface area (Å²) in [5.41, 5.74) is -0.992. The molecule has 1 aromatic carbocycles. The first-order chi connectivity index (χ1) is 9.33. The van der Waals surface area contributed by atoms with Crippen molar-refractivity contribution < 1.29 is 14.8 Å². The van der Waals surface area contributed by atoms with E-state index in [1.807, 2.05) is 6.92 Å². The molecule has 0 spiro atoms. The number of nitro benzene ring substituents is 1. The molecule has 1 amide bonds. The highest BCUT2D eigenvalue weighted by molar-refractivity contribution is 6.31. The topological polar surface area (TPSA) is 92.5 Å². The summed E-state index contributed by atoms with van der Waals surface area (Å²) in [4.78, 5) is 22.5. The van der Waals surface area contributed by atoms with Crippen molar-refractivity contribution >= 4 is 23.2 Å². The Morgan fingerprint density at radius 2 is 2.20 bits per heavy atom. The number of nitrogens with zero attached hydrogens (tertiary/aromatic N) is 1. The number of hydrogen-bond donors (Lipinski definition) is 2. The molecule has 20 heavy (non-hydrogen) atoms. The van der Waals surface area contributed by atoms with Gasteiger partial charge in [0, 0.05) is 23.2 Å². The lowest BCUT2D eigenvalue weighted by atomic mass is 9.94. The van der Waals surface area contributed by atoms with Crippen molar-refractivity contribution in [1.82, 2.24) is 5.32 Å². The number of nitrogens with one attached hydrogen (secondary N) is 1. The monoisotopic (exact) mass is 300 g/mol. The van der Waals surface area contributed by atoms with Crippen LogP contribution in [0.5, 0.6) is 0 Å². The van der Waals surface area contributed by atoms with Crippen LogP contribution < -0.4 is 5.32 Å². The zero-order chi connectivity index (χ0) is 15.3. The second kappa shape index (κ2) is 6.67. The normalized spacial score (nSPS) is 13.6. The summed E-state index contributed by atoms with van der Waals surface area (Å²) in [6.07, 6.45) is 0.970. The van der Waals surface area contributed by atoms with Gasteiger partial charge >= 0.3 is 0 Å². The van der Waals surface area contributed by atoms with E-state index in [0.717, 1.165) is 6.07 Å². The quantitative estimate of drug-likeness (QED) is 0.623. The second-order valence-corrected chi connectivity index (χ2v) is 5.20. The van der Waals surface area contributed by atoms with E-state index in [-0.39, 0.29) is 22.9 Å². The third-order valence-electron chi connectivity index (χ3n) is 3.26. The highest BCUT2D eigenvalue weighted by Gasteiger charge is 2.28. The first kappa shape index (κ1) is 16.4. The van der Waals surface area contributed by atoms with Gasteiger partial charge in [-0.1, -0.05) is 18.5 Å². The standard InChI is InChI=1S/C13H17ClN2O4/c1-3-13(2,6-7-17)15-12(18)10-5-4-9(14)8-11(10)16(19)20/h4-5,8,17H,3,6-7H2,1-2H3,(H,15,18). The van der Waals surface area contributed by atoms with Crippen LogP contribution in [0.4, 0.5) is 5.69 Å². The minimum absolute atomic E-state index is 0.0444. The highest BCUT2D eigenvalue weighted by Crippen LogP contribution is 2.24. The third-order valence-corrected chi connectivity index (χ3v) is 3.50. The van der Waals surface area contributed by atoms with E-state index in [4.69, 9.17) is 16.7 Å². The largest absolute Gasteiger partial charge is 0.396 e. The number of nitro groups is 1. The molecule has 0 aromatic heterocycles. The van der Waals surface area contributed by atoms with Gasteiger partial charge in [-0.3, -0.25) is 14.9 Å². The first-order valence-corrected chi connectivity index (χ1v) is 6.58. The van der Waals surface area contributed by atoms with Gasteiger partial charge in [0.25, 0.3) is 11.6 Å². The van der Waals surface area contributed by atoms with E-state index in [0.29, 0.717) is 12.8 Å². The van der Waals surface area contributed by atoms with Crippen molar-refractivity contribution in [2.45, 2.75) is 32.2 Å². The van der Waals surface area contributed by atoms with Gasteiger partial charge in [-0.15, -0.1) is 0 Å². The van der Waals surface area contributed by atoms with Gasteiger partial charge in [-0.05, 0) is 31.9 Å². The molecule has 1 rings (SSSR count). The van der Waals surface area contributed by atoms with Crippen LogP contribution in [0.3, 0.4) is 0 Å². The Balaban J connectivity index is 3.06. The minimum atomic E-state index is -0.643. The van der Waals surface area contributed by atoms with Gasteiger partial charge in [0.1, 0.15) is 5.56 Å². The van der Waals surface area contributed by atoms with E-state index >= 15 is 0 Å². The zero-order valence-corrected chi connectivity index (χ0v) is 12.1. The molecule has 1 unspecified atom stereocenters. The van der Waals surface area contributed by atoms with Gasteiger partial charge in [0.05, 0.1) is 4.92 Å². The van der Waals surface area contributed by atoms with Gasteiger partial charge in [0.15, 0.2) is 0 Å².